The van der Waals surface area contributed by atoms with Crippen LogP contribution in [0.3, 0.4) is 0 Å². The molecule has 0 spiro atoms. The van der Waals surface area contributed by atoms with Crippen LogP contribution in [-0.4, -0.2) is 27.3 Å². The summed E-state index contributed by atoms with van der Waals surface area (Å²) in [5.41, 5.74) is 8.21. The average molecular weight is 219 g/mol. The van der Waals surface area contributed by atoms with Crippen molar-refractivity contribution < 1.29 is 9.90 Å². The van der Waals surface area contributed by atoms with Gasteiger partial charge in [0, 0.05) is 17.5 Å². The lowest BCUT2D eigenvalue weighted by atomic mass is 10.1. The van der Waals surface area contributed by atoms with Gasteiger partial charge in [-0.25, -0.2) is 0 Å². The lowest BCUT2D eigenvalue weighted by Crippen LogP contribution is -2.32. The van der Waals surface area contributed by atoms with E-state index in [1.54, 1.807) is 0 Å². The van der Waals surface area contributed by atoms with E-state index < -0.39 is 12.0 Å². The van der Waals surface area contributed by atoms with Crippen molar-refractivity contribution in [3.05, 3.63) is 29.5 Å². The number of carbonyl (C=O) groups is 1. The highest BCUT2D eigenvalue weighted by molar-refractivity contribution is 5.83. The molecular weight excluding hydrogens is 206 g/mol. The Morgan fingerprint density at radius 2 is 2.38 bits per heavy atom. The summed E-state index contributed by atoms with van der Waals surface area (Å²) >= 11 is 0. The molecule has 4 N–H and O–H groups in total. The summed E-state index contributed by atoms with van der Waals surface area (Å²) in [5, 5.41) is 16.6. The Morgan fingerprint density at radius 3 is 3.06 bits per heavy atom. The molecule has 16 heavy (non-hydrogen) atoms. The molecule has 84 valence electrons. The van der Waals surface area contributed by atoms with Crippen molar-refractivity contribution in [1.82, 2.24) is 10.2 Å². The van der Waals surface area contributed by atoms with Crippen molar-refractivity contribution >= 4 is 16.9 Å². The number of benzene rings is 1. The normalized spacial score (nSPS) is 12.9. The molecule has 1 unspecified atom stereocenters. The molecule has 0 saturated heterocycles. The van der Waals surface area contributed by atoms with Crippen LogP contribution >= 0.6 is 0 Å². The van der Waals surface area contributed by atoms with Gasteiger partial charge in [-0.1, -0.05) is 12.1 Å². The molecule has 0 aliphatic carbocycles. The molecule has 0 bridgehead atoms. The van der Waals surface area contributed by atoms with E-state index in [4.69, 9.17) is 10.8 Å². The fourth-order valence-corrected chi connectivity index (χ4v) is 1.64. The third-order valence-electron chi connectivity index (χ3n) is 2.53. The number of hydrogen-bond acceptors (Lipinski definition) is 3. The van der Waals surface area contributed by atoms with Gasteiger partial charge in [0.15, 0.2) is 0 Å². The molecule has 0 aliphatic rings. The molecule has 5 heteroatoms. The number of hydrogen-bond donors (Lipinski definition) is 3. The molecule has 0 saturated carbocycles. The van der Waals surface area contributed by atoms with E-state index >= 15 is 0 Å². The molecule has 1 atom stereocenters. The first-order chi connectivity index (χ1) is 7.58. The van der Waals surface area contributed by atoms with Crippen molar-refractivity contribution in [2.45, 2.75) is 19.4 Å². The topological polar surface area (TPSA) is 92.0 Å². The van der Waals surface area contributed by atoms with Crippen molar-refractivity contribution in [2.24, 2.45) is 5.73 Å². The second-order valence-corrected chi connectivity index (χ2v) is 3.87. The largest absolute Gasteiger partial charge is 0.480 e. The number of nitrogens with zero attached hydrogens (tertiary/aromatic N) is 1. The van der Waals surface area contributed by atoms with Gasteiger partial charge in [-0.05, 0) is 18.6 Å². The van der Waals surface area contributed by atoms with Crippen LogP contribution in [0.25, 0.3) is 10.9 Å². The third kappa shape index (κ3) is 1.90. The zero-order valence-corrected chi connectivity index (χ0v) is 8.90. The Hall–Kier alpha value is -1.88. The zero-order chi connectivity index (χ0) is 11.7. The monoisotopic (exact) mass is 219 g/mol. The Balaban J connectivity index is 2.35. The van der Waals surface area contributed by atoms with Gasteiger partial charge in [-0.2, -0.15) is 5.10 Å². The first-order valence-electron chi connectivity index (χ1n) is 5.00. The van der Waals surface area contributed by atoms with Crippen LogP contribution in [0, 0.1) is 6.92 Å². The minimum absolute atomic E-state index is 0.259. The number of aryl methyl sites for hydroxylation is 1. The Labute approximate surface area is 92.3 Å². The highest BCUT2D eigenvalue weighted by Gasteiger charge is 2.15. The minimum atomic E-state index is -1.00. The Morgan fingerprint density at radius 1 is 1.62 bits per heavy atom. The summed E-state index contributed by atoms with van der Waals surface area (Å²) in [6.45, 7) is 1.98. The van der Waals surface area contributed by atoms with Gasteiger partial charge in [-0.15, -0.1) is 0 Å². The number of carboxylic acids is 1. The molecule has 0 amide bonds. The molecule has 1 heterocycles. The van der Waals surface area contributed by atoms with Gasteiger partial charge in [0.2, 0.25) is 0 Å². The maximum Gasteiger partial charge on any atom is 0.320 e. The first kappa shape index (κ1) is 10.6. The van der Waals surface area contributed by atoms with Gasteiger partial charge in [0.1, 0.15) is 6.04 Å². The second-order valence-electron chi connectivity index (χ2n) is 3.87. The number of H-pyrrole nitrogens is 1. The molecule has 2 aromatic rings. The number of nitrogens with two attached hydrogens (primary N) is 1. The lowest BCUT2D eigenvalue weighted by molar-refractivity contribution is -0.138. The number of aliphatic carboxylic acids is 1. The van der Waals surface area contributed by atoms with Crippen LogP contribution in [0.1, 0.15) is 11.3 Å². The van der Waals surface area contributed by atoms with Crippen molar-refractivity contribution in [2.75, 3.05) is 0 Å². The van der Waals surface area contributed by atoms with E-state index in [-0.39, 0.29) is 6.42 Å². The summed E-state index contributed by atoms with van der Waals surface area (Å²) in [7, 11) is 0. The fraction of sp³-hybridized carbons (Fsp3) is 0.273. The van der Waals surface area contributed by atoms with Gasteiger partial charge in [0.25, 0.3) is 0 Å². The predicted molar refractivity (Wildman–Crippen MR) is 60.1 cm³/mol. The quantitative estimate of drug-likeness (QED) is 0.712. The highest BCUT2D eigenvalue weighted by Crippen LogP contribution is 2.18. The van der Waals surface area contributed by atoms with Crippen LogP contribution in [0.2, 0.25) is 0 Å². The standard InChI is InChI=1S/C11H13N3O2/c1-6-2-3-7-9(4-6)13-14-10(7)5-8(12)11(15)16/h2-4,8H,5,12H2,1H3,(H,13,14)(H,15,16). The highest BCUT2D eigenvalue weighted by atomic mass is 16.4. The molecule has 5 nitrogen and oxygen atoms in total. The number of fused-ring (bicyclic) bond motifs is 1. The van der Waals surface area contributed by atoms with E-state index in [1.807, 2.05) is 25.1 Å². The summed E-state index contributed by atoms with van der Waals surface area (Å²) < 4.78 is 0. The van der Waals surface area contributed by atoms with Crippen molar-refractivity contribution in [1.29, 1.82) is 0 Å². The summed E-state index contributed by atoms with van der Waals surface area (Å²) in [6.07, 6.45) is 0.259. The van der Waals surface area contributed by atoms with Gasteiger partial charge in [0.05, 0.1) is 5.52 Å². The molecule has 0 radical (unpaired) electrons. The summed E-state index contributed by atoms with van der Waals surface area (Å²) in [6, 6.07) is 4.94. The second kappa shape index (κ2) is 3.94. The Kier molecular flexibility index (Phi) is 2.62. The van der Waals surface area contributed by atoms with Crippen molar-refractivity contribution in [3.63, 3.8) is 0 Å². The van der Waals surface area contributed by atoms with E-state index in [0.29, 0.717) is 0 Å². The maximum atomic E-state index is 10.7. The van der Waals surface area contributed by atoms with Gasteiger partial charge < -0.3 is 10.8 Å². The maximum absolute atomic E-state index is 10.7. The van der Waals surface area contributed by atoms with Crippen LogP contribution < -0.4 is 5.73 Å². The number of rotatable bonds is 3. The molecule has 0 aliphatic heterocycles. The molecule has 2 rings (SSSR count). The minimum Gasteiger partial charge on any atom is -0.480 e. The number of aromatic nitrogens is 2. The third-order valence-corrected chi connectivity index (χ3v) is 2.53. The summed E-state index contributed by atoms with van der Waals surface area (Å²) in [5.74, 6) is -1.00. The SMILES string of the molecule is Cc1ccc2c(CC(N)C(=O)O)[nH]nc2c1. The van der Waals surface area contributed by atoms with Crippen LogP contribution in [-0.2, 0) is 11.2 Å². The van der Waals surface area contributed by atoms with Gasteiger partial charge >= 0.3 is 5.97 Å². The average Bonchev–Trinajstić information content (AvgIpc) is 2.60. The van der Waals surface area contributed by atoms with E-state index in [0.717, 1.165) is 22.2 Å². The molecule has 1 aromatic carbocycles. The fourth-order valence-electron chi connectivity index (χ4n) is 1.64. The number of aromatic amines is 1. The smallest absolute Gasteiger partial charge is 0.320 e. The summed E-state index contributed by atoms with van der Waals surface area (Å²) in [4.78, 5) is 10.7. The molecule has 1 aromatic heterocycles. The van der Waals surface area contributed by atoms with Gasteiger partial charge in [-0.3, -0.25) is 9.89 Å². The Bertz CT molecular complexity index is 533. The van der Waals surface area contributed by atoms with E-state index in [9.17, 15) is 4.79 Å². The predicted octanol–water partition coefficient (Wildman–Crippen LogP) is 0.826. The van der Waals surface area contributed by atoms with Crippen LogP contribution in [0.4, 0.5) is 0 Å². The van der Waals surface area contributed by atoms with Crippen LogP contribution in [0.15, 0.2) is 18.2 Å². The molecular formula is C11H13N3O2. The number of nitrogens with one attached hydrogen (secondary N) is 1. The number of carboxylic acid groups (broad SMARTS) is 1. The van der Waals surface area contributed by atoms with Crippen molar-refractivity contribution in [3.8, 4) is 0 Å². The zero-order valence-electron chi connectivity index (χ0n) is 8.90. The van der Waals surface area contributed by atoms with Crippen LogP contribution in [0.5, 0.6) is 0 Å². The lowest BCUT2D eigenvalue weighted by Gasteiger charge is -2.04. The first-order valence-corrected chi connectivity index (χ1v) is 5.00. The van der Waals surface area contributed by atoms with E-state index in [1.165, 1.54) is 0 Å². The molecule has 0 fully saturated rings. The van der Waals surface area contributed by atoms with E-state index in [2.05, 4.69) is 10.2 Å².